The number of hydrogen-bond acceptors (Lipinski definition) is 0. The van der Waals surface area contributed by atoms with Gasteiger partial charge in [0, 0.05) is 0 Å². The molecule has 0 nitrogen and oxygen atoms in total. The van der Waals surface area contributed by atoms with Gasteiger partial charge in [-0.05, 0) is 0 Å². The third kappa shape index (κ3) is 3.89. The third-order valence-corrected chi connectivity index (χ3v) is 11.5. The molecule has 0 spiro atoms. The number of hydrogen-bond donors (Lipinski definition) is 0. The summed E-state index contributed by atoms with van der Waals surface area (Å²) in [6.07, 6.45) is 2.31. The second-order valence-corrected chi connectivity index (χ2v) is 16.7. The molecule has 0 radical (unpaired) electrons. The Labute approximate surface area is 198 Å². The van der Waals surface area contributed by atoms with Gasteiger partial charge < -0.3 is 0 Å². The maximum atomic E-state index is 6.61. The molecule has 0 fully saturated rings. The van der Waals surface area contributed by atoms with Crippen molar-refractivity contribution in [3.05, 3.63) is 114 Å². The van der Waals surface area contributed by atoms with Crippen LogP contribution in [0.5, 0.6) is 0 Å². The van der Waals surface area contributed by atoms with Crippen molar-refractivity contribution in [1.82, 2.24) is 0 Å². The number of benzene rings is 4. The van der Waals surface area contributed by atoms with Crippen molar-refractivity contribution in [3.63, 3.8) is 0 Å². The summed E-state index contributed by atoms with van der Waals surface area (Å²) < 4.78 is 0.216. The first-order valence-corrected chi connectivity index (χ1v) is 18.1. The van der Waals surface area contributed by atoms with E-state index in [1.807, 2.05) is 0 Å². The first-order valence-electron chi connectivity index (χ1n) is 10.4. The van der Waals surface area contributed by atoms with E-state index in [0.717, 1.165) is 0 Å². The summed E-state index contributed by atoms with van der Waals surface area (Å²) >= 11 is -2.52. The van der Waals surface area contributed by atoms with Gasteiger partial charge in [0.05, 0.1) is 0 Å². The number of fused-ring (bicyclic) bond motifs is 1. The second-order valence-electron chi connectivity index (χ2n) is 7.88. The number of halogens is 2. The molecule has 1 aliphatic carbocycles. The van der Waals surface area contributed by atoms with E-state index in [4.69, 9.17) is 17.0 Å². The Bertz CT molecular complexity index is 1260. The van der Waals surface area contributed by atoms with E-state index in [2.05, 4.69) is 110 Å². The maximum absolute atomic E-state index is 6.61. The fraction of sp³-hybridized carbons (Fsp3) is 0.0714. The average Bonchev–Trinajstić information content (AvgIpc) is 3.15. The standard InChI is InChI=1S/C28H21.2ClH.Zr/c1-20-18-23-16-17-25(22-12-6-3-7-13-22)28(27(23)19-20)26-15-9-8-14-24(26)21-10-4-2-5-11-21;;;/h2-19H,1H3;2*1H;/q;;;+2/p-2. The van der Waals surface area contributed by atoms with Crippen LogP contribution in [-0.4, -0.2) is 0 Å². The van der Waals surface area contributed by atoms with Crippen LogP contribution in [0.4, 0.5) is 0 Å². The van der Waals surface area contributed by atoms with E-state index >= 15 is 0 Å². The normalized spacial score (nSPS) is 14.8. The van der Waals surface area contributed by atoms with Gasteiger partial charge in [0.15, 0.2) is 0 Å². The van der Waals surface area contributed by atoms with Crippen molar-refractivity contribution in [2.24, 2.45) is 0 Å². The van der Waals surface area contributed by atoms with Gasteiger partial charge in [-0.25, -0.2) is 0 Å². The first kappa shape index (κ1) is 21.0. The van der Waals surface area contributed by atoms with Crippen LogP contribution in [0, 0.1) is 0 Å². The van der Waals surface area contributed by atoms with Crippen molar-refractivity contribution in [2.45, 2.75) is 10.5 Å². The third-order valence-electron chi connectivity index (χ3n) is 6.00. The Morgan fingerprint density at radius 3 is 1.77 bits per heavy atom. The van der Waals surface area contributed by atoms with E-state index in [0.29, 0.717) is 0 Å². The van der Waals surface area contributed by atoms with Gasteiger partial charge in [-0.1, -0.05) is 0 Å². The fourth-order valence-corrected chi connectivity index (χ4v) is 10.3. The van der Waals surface area contributed by atoms with Crippen LogP contribution in [-0.2, 0) is 19.4 Å². The van der Waals surface area contributed by atoms with Gasteiger partial charge in [-0.2, -0.15) is 0 Å². The molecule has 3 heteroatoms. The van der Waals surface area contributed by atoms with E-state index in [1.165, 1.54) is 50.1 Å². The van der Waals surface area contributed by atoms with E-state index in [1.54, 1.807) is 0 Å². The van der Waals surface area contributed by atoms with E-state index in [9.17, 15) is 0 Å². The Kier molecular flexibility index (Phi) is 6.02. The SMILES string of the molecule is CC1=Cc2c(ccc(-c3ccccc3)c2-c2ccccc2-c2ccccc2)[CH]1[Zr]([Cl])[Cl]. The molecule has 5 rings (SSSR count). The molecule has 0 bridgehead atoms. The summed E-state index contributed by atoms with van der Waals surface area (Å²) in [4.78, 5) is 0. The first-order chi connectivity index (χ1) is 15.1. The molecular weight excluding hydrogens is 498 g/mol. The quantitative estimate of drug-likeness (QED) is 0.252. The predicted octanol–water partition coefficient (Wildman–Crippen LogP) is 9.07. The molecule has 0 heterocycles. The molecule has 4 aromatic rings. The molecule has 1 aliphatic rings. The van der Waals surface area contributed by atoms with Gasteiger partial charge in [0.2, 0.25) is 0 Å². The second kappa shape index (κ2) is 8.91. The molecule has 1 unspecified atom stereocenters. The van der Waals surface area contributed by atoms with Crippen LogP contribution < -0.4 is 0 Å². The van der Waals surface area contributed by atoms with Crippen LogP contribution in [0.3, 0.4) is 0 Å². The number of allylic oxidation sites excluding steroid dienone is 1. The fourth-order valence-electron chi connectivity index (χ4n) is 4.61. The minimum absolute atomic E-state index is 0.216. The molecule has 31 heavy (non-hydrogen) atoms. The number of rotatable bonds is 4. The van der Waals surface area contributed by atoms with Gasteiger partial charge in [0.1, 0.15) is 0 Å². The van der Waals surface area contributed by atoms with Crippen molar-refractivity contribution in [3.8, 4) is 33.4 Å². The van der Waals surface area contributed by atoms with Gasteiger partial charge >= 0.3 is 200 Å². The Hall–Kier alpha value is -1.92. The van der Waals surface area contributed by atoms with Crippen molar-refractivity contribution in [1.29, 1.82) is 0 Å². The monoisotopic (exact) mass is 517 g/mol. The molecule has 151 valence electrons. The summed E-state index contributed by atoms with van der Waals surface area (Å²) in [6.45, 7) is 2.17. The Morgan fingerprint density at radius 2 is 1.16 bits per heavy atom. The zero-order valence-corrected chi connectivity index (χ0v) is 21.1. The summed E-state index contributed by atoms with van der Waals surface area (Å²) in [5.41, 5.74) is 11.3. The Balaban J connectivity index is 1.84. The van der Waals surface area contributed by atoms with E-state index < -0.39 is 19.4 Å². The molecule has 4 aromatic carbocycles. The van der Waals surface area contributed by atoms with Gasteiger partial charge in [0.25, 0.3) is 0 Å². The molecule has 0 N–H and O–H groups in total. The van der Waals surface area contributed by atoms with Crippen LogP contribution >= 0.6 is 17.0 Å². The summed E-state index contributed by atoms with van der Waals surface area (Å²) in [6, 6.07) is 34.4. The minimum atomic E-state index is -2.52. The molecule has 0 aromatic heterocycles. The molecule has 0 aliphatic heterocycles. The van der Waals surface area contributed by atoms with Crippen LogP contribution in [0.2, 0.25) is 0 Å². The average molecular weight is 520 g/mol. The predicted molar refractivity (Wildman–Crippen MR) is 131 cm³/mol. The summed E-state index contributed by atoms with van der Waals surface area (Å²) in [7, 11) is 13.2. The molecule has 0 saturated heterocycles. The van der Waals surface area contributed by atoms with Crippen molar-refractivity contribution < 1.29 is 19.4 Å². The summed E-state index contributed by atoms with van der Waals surface area (Å²) in [5, 5.41) is 0. The molecule has 0 amide bonds. The van der Waals surface area contributed by atoms with Gasteiger partial charge in [-0.15, -0.1) is 0 Å². The molecule has 0 saturated carbocycles. The van der Waals surface area contributed by atoms with Crippen LogP contribution in [0.1, 0.15) is 21.7 Å². The zero-order chi connectivity index (χ0) is 21.4. The zero-order valence-electron chi connectivity index (χ0n) is 17.1. The van der Waals surface area contributed by atoms with E-state index in [-0.39, 0.29) is 3.63 Å². The van der Waals surface area contributed by atoms with Crippen LogP contribution in [0.25, 0.3) is 39.5 Å². The van der Waals surface area contributed by atoms with Gasteiger partial charge in [-0.3, -0.25) is 0 Å². The molecular formula is C28H21Cl2Zr. The Morgan fingerprint density at radius 1 is 0.613 bits per heavy atom. The summed E-state index contributed by atoms with van der Waals surface area (Å²) in [5.74, 6) is 0. The van der Waals surface area contributed by atoms with Crippen LogP contribution in [0.15, 0.2) is 103 Å². The van der Waals surface area contributed by atoms with Crippen molar-refractivity contribution >= 4 is 23.1 Å². The topological polar surface area (TPSA) is 0 Å². The van der Waals surface area contributed by atoms with Crippen molar-refractivity contribution in [2.75, 3.05) is 0 Å². The molecule has 1 atom stereocenters.